The summed E-state index contributed by atoms with van der Waals surface area (Å²) in [4.78, 5) is 24.5. The van der Waals surface area contributed by atoms with E-state index in [9.17, 15) is 18.0 Å². The van der Waals surface area contributed by atoms with Crippen LogP contribution in [-0.2, 0) is 17.8 Å². The average Bonchev–Trinajstić information content (AvgIpc) is 3.47. The highest BCUT2D eigenvalue weighted by Crippen LogP contribution is 2.39. The van der Waals surface area contributed by atoms with Crippen molar-refractivity contribution >= 4 is 11.8 Å². The minimum absolute atomic E-state index is 0.0269. The highest BCUT2D eigenvalue weighted by Gasteiger charge is 2.47. The number of morpholine rings is 1. The van der Waals surface area contributed by atoms with E-state index in [0.29, 0.717) is 31.4 Å². The quantitative estimate of drug-likeness (QED) is 0.714. The summed E-state index contributed by atoms with van der Waals surface area (Å²) in [5.74, 6) is 1.16. The lowest BCUT2D eigenvalue weighted by Gasteiger charge is -2.39. The molecule has 1 saturated heterocycles. The molecule has 2 aromatic rings. The fourth-order valence-electron chi connectivity index (χ4n) is 4.18. The Balaban J connectivity index is 1.54. The molecule has 0 unspecified atom stereocenters. The van der Waals surface area contributed by atoms with Gasteiger partial charge in [0.2, 0.25) is 11.8 Å². The standard InChI is InChI=1S/C19H23F3N6O3/c1-11-10-30-7-6-26(11)14-8-16(29)27-5-4-13(19(20,21)22)28(18(27)23-14)9-15-24-17(25-31-15)12-2-3-12/h8,11-13H,2-7,9-10H2,1H3/t11-,13+/m1/s1. The number of alkyl halides is 3. The second kappa shape index (κ2) is 7.50. The maximum absolute atomic E-state index is 13.9. The van der Waals surface area contributed by atoms with Crippen molar-refractivity contribution in [3.05, 3.63) is 28.1 Å². The van der Waals surface area contributed by atoms with Gasteiger partial charge in [0.05, 0.1) is 19.3 Å². The van der Waals surface area contributed by atoms with Gasteiger partial charge in [0.25, 0.3) is 5.56 Å². The number of fused-ring (bicyclic) bond motifs is 1. The second-order valence-electron chi connectivity index (χ2n) is 8.32. The number of anilines is 2. The van der Waals surface area contributed by atoms with Gasteiger partial charge in [-0.1, -0.05) is 5.16 Å². The lowest BCUT2D eigenvalue weighted by atomic mass is 10.1. The van der Waals surface area contributed by atoms with Gasteiger partial charge in [-0.05, 0) is 26.2 Å². The first-order valence-corrected chi connectivity index (χ1v) is 10.4. The molecule has 2 fully saturated rings. The number of ether oxygens (including phenoxy) is 1. The summed E-state index contributed by atoms with van der Waals surface area (Å²) in [6, 6.07) is -0.459. The lowest BCUT2D eigenvalue weighted by molar-refractivity contribution is -0.153. The van der Waals surface area contributed by atoms with Gasteiger partial charge in [-0.15, -0.1) is 0 Å². The maximum atomic E-state index is 13.9. The molecule has 3 aliphatic rings. The second-order valence-corrected chi connectivity index (χ2v) is 8.32. The summed E-state index contributed by atoms with van der Waals surface area (Å²) in [6.45, 7) is 3.03. The first-order valence-electron chi connectivity index (χ1n) is 10.4. The van der Waals surface area contributed by atoms with Crippen molar-refractivity contribution in [3.63, 3.8) is 0 Å². The summed E-state index contributed by atoms with van der Waals surface area (Å²) in [5.41, 5.74) is -0.381. The SMILES string of the molecule is C[C@@H]1COCCN1c1cc(=O)n2c(n1)N(Cc1nc(C3CC3)no1)[C@H](C(F)(F)F)CC2. The molecule has 0 N–H and O–H groups in total. The van der Waals surface area contributed by atoms with Crippen molar-refractivity contribution in [3.8, 4) is 0 Å². The summed E-state index contributed by atoms with van der Waals surface area (Å²) in [6.07, 6.45) is -2.84. The predicted molar refractivity (Wildman–Crippen MR) is 103 cm³/mol. The van der Waals surface area contributed by atoms with E-state index in [1.807, 2.05) is 11.8 Å². The molecule has 0 bridgehead atoms. The average molecular weight is 440 g/mol. The van der Waals surface area contributed by atoms with Crippen LogP contribution in [0.4, 0.5) is 24.9 Å². The number of hydrogen-bond acceptors (Lipinski definition) is 8. The third-order valence-electron chi connectivity index (χ3n) is 6.01. The molecule has 2 aliphatic heterocycles. The molecule has 0 amide bonds. The fraction of sp³-hybridized carbons (Fsp3) is 0.684. The molecular formula is C19H23F3N6O3. The molecule has 1 saturated carbocycles. The van der Waals surface area contributed by atoms with Crippen LogP contribution in [0.1, 0.15) is 43.8 Å². The molecule has 5 rings (SSSR count). The van der Waals surface area contributed by atoms with Gasteiger partial charge in [0.15, 0.2) is 5.82 Å². The Morgan fingerprint density at radius 1 is 1.19 bits per heavy atom. The molecule has 0 spiro atoms. The summed E-state index contributed by atoms with van der Waals surface area (Å²) in [5, 5.41) is 3.90. The molecule has 1 aliphatic carbocycles. The maximum Gasteiger partial charge on any atom is 0.408 e. The van der Waals surface area contributed by atoms with Gasteiger partial charge in [-0.2, -0.15) is 23.1 Å². The zero-order valence-electron chi connectivity index (χ0n) is 17.0. The predicted octanol–water partition coefficient (Wildman–Crippen LogP) is 2.07. The van der Waals surface area contributed by atoms with E-state index in [4.69, 9.17) is 9.26 Å². The van der Waals surface area contributed by atoms with E-state index in [1.54, 1.807) is 0 Å². The van der Waals surface area contributed by atoms with Crippen LogP contribution in [0.15, 0.2) is 15.4 Å². The van der Waals surface area contributed by atoms with Crippen LogP contribution >= 0.6 is 0 Å². The molecule has 2 atom stereocenters. The highest BCUT2D eigenvalue weighted by atomic mass is 19.4. The van der Waals surface area contributed by atoms with Crippen LogP contribution in [-0.4, -0.2) is 57.7 Å². The first-order chi connectivity index (χ1) is 14.8. The Kier molecular flexibility index (Phi) is 4.91. The first kappa shape index (κ1) is 20.3. The Bertz CT molecular complexity index is 1020. The van der Waals surface area contributed by atoms with E-state index in [1.165, 1.54) is 10.6 Å². The zero-order valence-corrected chi connectivity index (χ0v) is 17.0. The molecule has 4 heterocycles. The third kappa shape index (κ3) is 3.88. The zero-order chi connectivity index (χ0) is 21.8. The van der Waals surface area contributed by atoms with E-state index >= 15 is 0 Å². The molecule has 31 heavy (non-hydrogen) atoms. The fourth-order valence-corrected chi connectivity index (χ4v) is 4.18. The van der Waals surface area contributed by atoms with Gasteiger partial charge in [0.1, 0.15) is 18.4 Å². The molecular weight excluding hydrogens is 417 g/mol. The van der Waals surface area contributed by atoms with E-state index < -0.39 is 12.2 Å². The third-order valence-corrected chi connectivity index (χ3v) is 6.01. The normalized spacial score (nSPS) is 24.4. The monoisotopic (exact) mass is 440 g/mol. The number of nitrogens with zero attached hydrogens (tertiary/aromatic N) is 6. The van der Waals surface area contributed by atoms with Crippen molar-refractivity contribution in [1.82, 2.24) is 19.7 Å². The molecule has 0 radical (unpaired) electrons. The van der Waals surface area contributed by atoms with E-state index in [2.05, 4.69) is 15.1 Å². The molecule has 9 nitrogen and oxygen atoms in total. The molecule has 2 aromatic heterocycles. The largest absolute Gasteiger partial charge is 0.408 e. The van der Waals surface area contributed by atoms with Gasteiger partial charge in [-0.25, -0.2) is 0 Å². The summed E-state index contributed by atoms with van der Waals surface area (Å²) < 4.78 is 53.6. The van der Waals surface area contributed by atoms with Crippen LogP contribution < -0.4 is 15.4 Å². The number of aromatic nitrogens is 4. The van der Waals surface area contributed by atoms with Crippen molar-refractivity contribution in [1.29, 1.82) is 0 Å². The van der Waals surface area contributed by atoms with Gasteiger partial charge >= 0.3 is 6.18 Å². The smallest absolute Gasteiger partial charge is 0.377 e. The summed E-state index contributed by atoms with van der Waals surface area (Å²) >= 11 is 0. The Morgan fingerprint density at radius 2 is 2.00 bits per heavy atom. The minimum atomic E-state index is -4.50. The van der Waals surface area contributed by atoms with Crippen molar-refractivity contribution in [2.45, 2.75) is 63.5 Å². The van der Waals surface area contributed by atoms with Crippen LogP contribution in [0.2, 0.25) is 0 Å². The minimum Gasteiger partial charge on any atom is -0.377 e. The van der Waals surface area contributed by atoms with Crippen molar-refractivity contribution in [2.24, 2.45) is 0 Å². The lowest BCUT2D eigenvalue weighted by Crippen LogP contribution is -2.52. The van der Waals surface area contributed by atoms with Crippen LogP contribution in [0.5, 0.6) is 0 Å². The number of rotatable bonds is 4. The molecule has 12 heteroatoms. The Hall–Kier alpha value is -2.63. The van der Waals surface area contributed by atoms with Gasteiger partial charge in [-0.3, -0.25) is 9.36 Å². The van der Waals surface area contributed by atoms with Crippen molar-refractivity contribution in [2.75, 3.05) is 29.6 Å². The molecule has 0 aromatic carbocycles. The van der Waals surface area contributed by atoms with Gasteiger partial charge in [0, 0.05) is 25.1 Å². The topological polar surface area (TPSA) is 89.5 Å². The van der Waals surface area contributed by atoms with Crippen LogP contribution in [0.3, 0.4) is 0 Å². The van der Waals surface area contributed by atoms with E-state index in [0.717, 1.165) is 17.7 Å². The number of hydrogen-bond donors (Lipinski definition) is 0. The van der Waals surface area contributed by atoms with Crippen LogP contribution in [0.25, 0.3) is 0 Å². The molecule has 168 valence electrons. The van der Waals surface area contributed by atoms with Gasteiger partial charge < -0.3 is 19.1 Å². The highest BCUT2D eigenvalue weighted by molar-refractivity contribution is 5.47. The van der Waals surface area contributed by atoms with Crippen molar-refractivity contribution < 1.29 is 22.4 Å². The van der Waals surface area contributed by atoms with E-state index in [-0.39, 0.29) is 48.9 Å². The van der Waals surface area contributed by atoms with Crippen LogP contribution in [0, 0.1) is 0 Å². The Morgan fingerprint density at radius 3 is 2.71 bits per heavy atom. The Labute approximate surface area is 175 Å². The summed E-state index contributed by atoms with van der Waals surface area (Å²) in [7, 11) is 0. The number of halogens is 3.